The Balaban J connectivity index is 1.58. The van der Waals surface area contributed by atoms with Gasteiger partial charge in [-0.2, -0.15) is 17.5 Å². The second-order valence-corrected chi connectivity index (χ2v) is 11.4. The minimum absolute atomic E-state index is 0.0773. The maximum Gasteiger partial charge on any atom is 0.419 e. The maximum atomic E-state index is 14.9. The van der Waals surface area contributed by atoms with E-state index in [9.17, 15) is 26.0 Å². The van der Waals surface area contributed by atoms with Gasteiger partial charge in [0.05, 0.1) is 28.7 Å². The predicted molar refractivity (Wildman–Crippen MR) is 138 cm³/mol. The minimum Gasteiger partial charge on any atom is -0.313 e. The van der Waals surface area contributed by atoms with Crippen LogP contribution in [0.15, 0.2) is 47.5 Å². The fourth-order valence-corrected chi connectivity index (χ4v) is 5.36. The summed E-state index contributed by atoms with van der Waals surface area (Å²) in [6.07, 6.45) is -1.76. The van der Waals surface area contributed by atoms with E-state index < -0.39 is 40.3 Å². The molecular formula is C23H28ClF4N7O2S. The van der Waals surface area contributed by atoms with Gasteiger partial charge in [-0.1, -0.05) is 24.6 Å². The highest BCUT2D eigenvalue weighted by atomic mass is 35.5. The number of anilines is 1. The van der Waals surface area contributed by atoms with Crippen LogP contribution in [-0.2, 0) is 16.6 Å². The summed E-state index contributed by atoms with van der Waals surface area (Å²) in [7, 11) is -3.56. The number of imidazole rings is 1. The molecule has 2 aliphatic heterocycles. The van der Waals surface area contributed by atoms with Crippen molar-refractivity contribution in [1.29, 1.82) is 0 Å². The van der Waals surface area contributed by atoms with Crippen LogP contribution in [0, 0.1) is 0 Å². The van der Waals surface area contributed by atoms with E-state index in [0.29, 0.717) is 23.5 Å². The molecule has 0 amide bonds. The molecule has 2 N–H and O–H groups in total. The van der Waals surface area contributed by atoms with Crippen LogP contribution in [0.1, 0.15) is 18.9 Å². The van der Waals surface area contributed by atoms with Crippen molar-refractivity contribution < 1.29 is 26.0 Å². The number of aromatic nitrogens is 2. The van der Waals surface area contributed by atoms with Crippen LogP contribution >= 0.6 is 11.6 Å². The number of halogens is 5. The average Bonchev–Trinajstić information content (AvgIpc) is 3.32. The third-order valence-corrected chi connectivity index (χ3v) is 7.84. The van der Waals surface area contributed by atoms with Crippen LogP contribution in [0.5, 0.6) is 0 Å². The summed E-state index contributed by atoms with van der Waals surface area (Å²) >= 11 is 6.46. The molecule has 0 bridgehead atoms. The second-order valence-electron chi connectivity index (χ2n) is 9.05. The van der Waals surface area contributed by atoms with Crippen molar-refractivity contribution in [3.8, 4) is 5.69 Å². The molecule has 0 saturated carbocycles. The number of aliphatic imine (C=N–C) groups is 1. The summed E-state index contributed by atoms with van der Waals surface area (Å²) in [6.45, 7) is 3.14. The summed E-state index contributed by atoms with van der Waals surface area (Å²) < 4.78 is 81.6. The summed E-state index contributed by atoms with van der Waals surface area (Å²) in [5.41, 5.74) is 0.545. The van der Waals surface area contributed by atoms with Gasteiger partial charge in [0, 0.05) is 38.1 Å². The number of hydrogen-bond donors (Lipinski definition) is 2. The first-order valence-corrected chi connectivity index (χ1v) is 14.1. The van der Waals surface area contributed by atoms with E-state index in [2.05, 4.69) is 20.6 Å². The Morgan fingerprint density at radius 3 is 2.66 bits per heavy atom. The Kier molecular flexibility index (Phi) is 8.47. The van der Waals surface area contributed by atoms with Gasteiger partial charge in [0.15, 0.2) is 12.1 Å². The van der Waals surface area contributed by atoms with E-state index in [4.69, 9.17) is 11.6 Å². The smallest absolute Gasteiger partial charge is 0.313 e. The van der Waals surface area contributed by atoms with Gasteiger partial charge in [-0.3, -0.25) is 15.2 Å². The molecule has 208 valence electrons. The van der Waals surface area contributed by atoms with E-state index in [1.54, 1.807) is 16.7 Å². The molecule has 1 aromatic carbocycles. The van der Waals surface area contributed by atoms with E-state index in [0.717, 1.165) is 28.9 Å². The van der Waals surface area contributed by atoms with Gasteiger partial charge in [-0.15, -0.1) is 0 Å². The molecule has 0 radical (unpaired) electrons. The van der Waals surface area contributed by atoms with Crippen LogP contribution in [0.2, 0.25) is 5.02 Å². The Hall–Kier alpha value is -2.52. The summed E-state index contributed by atoms with van der Waals surface area (Å²) in [4.78, 5) is 9.42. The molecular weight excluding hydrogens is 550 g/mol. The second kappa shape index (κ2) is 11.3. The zero-order chi connectivity index (χ0) is 27.7. The van der Waals surface area contributed by atoms with E-state index in [1.807, 2.05) is 13.0 Å². The first-order chi connectivity index (χ1) is 17.9. The average molecular weight is 578 g/mol. The monoisotopic (exact) mass is 577 g/mol. The van der Waals surface area contributed by atoms with Crippen molar-refractivity contribution in [1.82, 2.24) is 24.5 Å². The molecule has 1 fully saturated rings. The Morgan fingerprint density at radius 1 is 1.26 bits per heavy atom. The van der Waals surface area contributed by atoms with Gasteiger partial charge >= 0.3 is 6.18 Å². The first-order valence-electron chi connectivity index (χ1n) is 11.9. The normalized spacial score (nSPS) is 23.1. The van der Waals surface area contributed by atoms with Crippen molar-refractivity contribution >= 4 is 33.7 Å². The SMILES string of the molecule is CCNCc1ccc(-n2cnc(N3C=C(C(F)(F)F)C=NC3N[C@@H]3CCN(S(C)(=O)=O)C[C@H]3F)c2)c(Cl)c1. The van der Waals surface area contributed by atoms with Crippen molar-refractivity contribution in [2.24, 2.45) is 4.99 Å². The van der Waals surface area contributed by atoms with Crippen LogP contribution in [-0.4, -0.2) is 79.1 Å². The standard InChI is InChI=1S/C23H28ClF4N7O2S/c1-3-29-9-15-4-5-20(17(24)8-15)33-13-21(31-14-33)35-11-16(23(26,27)28)10-30-22(35)32-19-6-7-34(12-18(19)25)38(2,36)37/h4-5,8,10-11,13-14,18-19,22,29,32H,3,6-7,9,12H2,1-2H3/t18-,19-,22?/m1/s1. The third-order valence-electron chi connectivity index (χ3n) is 6.26. The lowest BCUT2D eigenvalue weighted by atomic mass is 10.0. The largest absolute Gasteiger partial charge is 0.419 e. The van der Waals surface area contributed by atoms with Crippen molar-refractivity contribution in [2.75, 3.05) is 30.8 Å². The molecule has 3 atom stereocenters. The molecule has 1 aromatic heterocycles. The van der Waals surface area contributed by atoms with Gasteiger partial charge in [0.1, 0.15) is 12.5 Å². The quantitative estimate of drug-likeness (QED) is 0.468. The van der Waals surface area contributed by atoms with Crippen LogP contribution in [0.25, 0.3) is 5.69 Å². The first kappa shape index (κ1) is 28.5. The zero-order valence-electron chi connectivity index (χ0n) is 20.7. The van der Waals surface area contributed by atoms with E-state index >= 15 is 0 Å². The number of rotatable bonds is 8. The molecule has 3 heterocycles. The maximum absolute atomic E-state index is 14.9. The van der Waals surface area contributed by atoms with Crippen LogP contribution < -0.4 is 15.5 Å². The number of sulfonamides is 1. The Labute approximate surface area is 223 Å². The van der Waals surface area contributed by atoms with E-state index in [1.165, 1.54) is 17.4 Å². The molecule has 4 rings (SSSR count). The molecule has 0 aliphatic carbocycles. The molecule has 15 heteroatoms. The molecule has 2 aromatic rings. The number of benzene rings is 1. The minimum atomic E-state index is -4.66. The Morgan fingerprint density at radius 2 is 2.03 bits per heavy atom. The molecule has 38 heavy (non-hydrogen) atoms. The lowest BCUT2D eigenvalue weighted by Crippen LogP contribution is -2.57. The van der Waals surface area contributed by atoms with Gasteiger partial charge in [0.25, 0.3) is 0 Å². The van der Waals surface area contributed by atoms with Crippen molar-refractivity contribution in [2.45, 2.75) is 44.6 Å². The lowest BCUT2D eigenvalue weighted by Gasteiger charge is -2.38. The van der Waals surface area contributed by atoms with Crippen molar-refractivity contribution in [3.63, 3.8) is 0 Å². The molecule has 1 unspecified atom stereocenters. The number of nitrogens with one attached hydrogen (secondary N) is 2. The summed E-state index contributed by atoms with van der Waals surface area (Å²) in [5.74, 6) is 0.123. The summed E-state index contributed by atoms with van der Waals surface area (Å²) in [5, 5.41) is 6.56. The third kappa shape index (κ3) is 6.54. The van der Waals surface area contributed by atoms with Crippen molar-refractivity contribution in [3.05, 3.63) is 53.1 Å². The fraction of sp³-hybridized carbons (Fsp3) is 0.478. The van der Waals surface area contributed by atoms with Gasteiger partial charge < -0.3 is 9.88 Å². The molecule has 1 saturated heterocycles. The number of alkyl halides is 4. The highest BCUT2D eigenvalue weighted by Crippen LogP contribution is 2.31. The summed E-state index contributed by atoms with van der Waals surface area (Å²) in [6, 6.07) is 4.62. The highest BCUT2D eigenvalue weighted by Gasteiger charge is 2.39. The number of allylic oxidation sites excluding steroid dienone is 1. The molecule has 2 aliphatic rings. The van der Waals surface area contributed by atoms with Gasteiger partial charge in [0.2, 0.25) is 10.0 Å². The van der Waals surface area contributed by atoms with E-state index in [-0.39, 0.29) is 25.3 Å². The van der Waals surface area contributed by atoms with Gasteiger partial charge in [-0.25, -0.2) is 17.8 Å². The highest BCUT2D eigenvalue weighted by molar-refractivity contribution is 7.88. The molecule has 9 nitrogen and oxygen atoms in total. The number of piperidine rings is 1. The van der Waals surface area contributed by atoms with Crippen LogP contribution in [0.3, 0.4) is 0 Å². The zero-order valence-corrected chi connectivity index (χ0v) is 22.2. The van der Waals surface area contributed by atoms with Gasteiger partial charge in [-0.05, 0) is 30.7 Å². The Bertz CT molecular complexity index is 1320. The number of nitrogens with zero attached hydrogens (tertiary/aromatic N) is 5. The molecule has 0 spiro atoms. The topological polar surface area (TPSA) is 94.9 Å². The lowest BCUT2D eigenvalue weighted by molar-refractivity contribution is -0.0861. The fourth-order valence-electron chi connectivity index (χ4n) is 4.21. The van der Waals surface area contributed by atoms with Crippen LogP contribution in [0.4, 0.5) is 23.4 Å². The number of hydrogen-bond acceptors (Lipinski definition) is 7. The predicted octanol–water partition coefficient (Wildman–Crippen LogP) is 3.22.